The number of nitrogens with two attached hydrogens (primary N) is 1. The van der Waals surface area contributed by atoms with Gasteiger partial charge in [-0.25, -0.2) is 0 Å². The Bertz CT molecular complexity index is 852. The predicted octanol–water partition coefficient (Wildman–Crippen LogP) is 8.84. The molecule has 5 rings (SSSR count). The van der Waals surface area contributed by atoms with Crippen molar-refractivity contribution >= 4 is 0 Å². The molecule has 0 spiro atoms. The highest BCUT2D eigenvalue weighted by atomic mass is 14.5. The van der Waals surface area contributed by atoms with E-state index in [1.54, 1.807) is 16.7 Å². The summed E-state index contributed by atoms with van der Waals surface area (Å²) in [5.41, 5.74) is 12.7. The first-order chi connectivity index (χ1) is 16.8. The minimum Gasteiger partial charge on any atom is -0.327 e. The average molecular weight is 460 g/mol. The van der Waals surface area contributed by atoms with Crippen LogP contribution in [0.1, 0.15) is 103 Å². The van der Waals surface area contributed by atoms with Crippen LogP contribution in [0.25, 0.3) is 0 Å². The van der Waals surface area contributed by atoms with E-state index in [1.165, 1.54) is 96.3 Å². The van der Waals surface area contributed by atoms with Gasteiger partial charge in [0.15, 0.2) is 0 Å². The summed E-state index contributed by atoms with van der Waals surface area (Å²) >= 11 is 0. The number of allylic oxidation sites excluding steroid dienone is 9. The van der Waals surface area contributed by atoms with Crippen molar-refractivity contribution in [3.8, 4) is 0 Å². The van der Waals surface area contributed by atoms with E-state index in [4.69, 9.17) is 5.73 Å². The van der Waals surface area contributed by atoms with Crippen LogP contribution in [0.4, 0.5) is 0 Å². The van der Waals surface area contributed by atoms with E-state index in [1.807, 2.05) is 5.57 Å². The van der Waals surface area contributed by atoms with Crippen LogP contribution in [0.2, 0.25) is 0 Å². The SMILES string of the molecule is CC/C(=C\CN)C1CC=C(C2CCC(C3C=CC=C(C4=CCCCC4)C3)C3CCCCC23)CC1. The van der Waals surface area contributed by atoms with Crippen LogP contribution in [-0.4, -0.2) is 6.54 Å². The highest BCUT2D eigenvalue weighted by Gasteiger charge is 2.44. The van der Waals surface area contributed by atoms with Gasteiger partial charge in [-0.2, -0.15) is 0 Å². The molecule has 0 saturated heterocycles. The Labute approximate surface area is 209 Å². The number of fused-ring (bicyclic) bond motifs is 1. The van der Waals surface area contributed by atoms with Crippen LogP contribution in [0.5, 0.6) is 0 Å². The molecular weight excluding hydrogens is 410 g/mol. The van der Waals surface area contributed by atoms with Gasteiger partial charge < -0.3 is 5.73 Å². The van der Waals surface area contributed by atoms with E-state index in [0.29, 0.717) is 6.54 Å². The van der Waals surface area contributed by atoms with Crippen molar-refractivity contribution in [2.24, 2.45) is 41.2 Å². The van der Waals surface area contributed by atoms with Crippen molar-refractivity contribution in [1.82, 2.24) is 0 Å². The highest BCUT2D eigenvalue weighted by molar-refractivity contribution is 5.38. The Morgan fingerprint density at radius 2 is 1.79 bits per heavy atom. The summed E-state index contributed by atoms with van der Waals surface area (Å²) in [7, 11) is 0. The van der Waals surface area contributed by atoms with E-state index in [0.717, 1.165) is 35.5 Å². The summed E-state index contributed by atoms with van der Waals surface area (Å²) in [5.74, 6) is 5.26. The molecule has 0 aromatic rings. The molecule has 0 aromatic heterocycles. The van der Waals surface area contributed by atoms with Crippen LogP contribution < -0.4 is 5.73 Å². The van der Waals surface area contributed by atoms with Gasteiger partial charge in [-0.3, -0.25) is 0 Å². The van der Waals surface area contributed by atoms with Gasteiger partial charge in [-0.15, -0.1) is 0 Å². The van der Waals surface area contributed by atoms with Crippen LogP contribution in [0, 0.1) is 35.5 Å². The van der Waals surface area contributed by atoms with Crippen molar-refractivity contribution in [2.45, 2.75) is 103 Å². The normalized spacial score (nSPS) is 36.9. The Morgan fingerprint density at radius 3 is 2.53 bits per heavy atom. The fraction of sp³-hybridized carbons (Fsp3) is 0.697. The maximum absolute atomic E-state index is 5.85. The zero-order chi connectivity index (χ0) is 23.3. The Kier molecular flexibility index (Phi) is 8.31. The molecule has 5 aliphatic carbocycles. The maximum Gasteiger partial charge on any atom is 0.0109 e. The van der Waals surface area contributed by atoms with Crippen LogP contribution in [0.15, 0.2) is 58.7 Å². The molecule has 1 nitrogen and oxygen atoms in total. The van der Waals surface area contributed by atoms with Gasteiger partial charge in [0.25, 0.3) is 0 Å². The first-order valence-corrected chi connectivity index (χ1v) is 14.9. The molecule has 2 saturated carbocycles. The number of rotatable bonds is 6. The van der Waals surface area contributed by atoms with E-state index in [2.05, 4.69) is 43.4 Å². The second kappa shape index (κ2) is 11.6. The molecule has 0 aromatic carbocycles. The zero-order valence-electron chi connectivity index (χ0n) is 21.8. The molecule has 6 atom stereocenters. The largest absolute Gasteiger partial charge is 0.327 e. The summed E-state index contributed by atoms with van der Waals surface area (Å²) in [6.45, 7) is 3.01. The van der Waals surface area contributed by atoms with E-state index < -0.39 is 0 Å². The standard InChI is InChI=1S/C33H49N/c1-2-24(21-22-34)26-15-17-27(18-16-26)30-19-20-31(33-14-7-6-13-32(30)33)29-12-8-11-28(23-29)25-9-4-3-5-10-25/h8-9,11-12,17,21,26,29-33H,2-7,10,13-16,18-20,22-23,34H2,1H3/b24-21+. The zero-order valence-corrected chi connectivity index (χ0v) is 21.8. The Balaban J connectivity index is 1.27. The topological polar surface area (TPSA) is 26.0 Å². The third kappa shape index (κ3) is 5.25. The maximum atomic E-state index is 5.85. The van der Waals surface area contributed by atoms with E-state index in [9.17, 15) is 0 Å². The third-order valence-corrected chi connectivity index (χ3v) is 10.4. The van der Waals surface area contributed by atoms with E-state index in [-0.39, 0.29) is 0 Å². The van der Waals surface area contributed by atoms with Crippen LogP contribution >= 0.6 is 0 Å². The lowest BCUT2D eigenvalue weighted by Gasteiger charge is -2.50. The summed E-state index contributed by atoms with van der Waals surface area (Å²) in [6, 6.07) is 0. The molecule has 0 aliphatic heterocycles. The summed E-state index contributed by atoms with van der Waals surface area (Å²) < 4.78 is 0. The lowest BCUT2D eigenvalue weighted by molar-refractivity contribution is 0.0419. The van der Waals surface area contributed by atoms with Crippen molar-refractivity contribution in [1.29, 1.82) is 0 Å². The first-order valence-electron chi connectivity index (χ1n) is 14.9. The van der Waals surface area contributed by atoms with Gasteiger partial charge in [0.05, 0.1) is 0 Å². The fourth-order valence-corrected chi connectivity index (χ4v) is 8.66. The molecule has 5 aliphatic rings. The fourth-order valence-electron chi connectivity index (χ4n) is 8.66. The van der Waals surface area contributed by atoms with Crippen LogP contribution in [-0.2, 0) is 0 Å². The molecule has 1 heteroatoms. The molecule has 0 amide bonds. The minimum absolute atomic E-state index is 0.702. The molecule has 34 heavy (non-hydrogen) atoms. The summed E-state index contributed by atoms with van der Waals surface area (Å²) in [5, 5.41) is 0. The molecule has 6 unspecified atom stereocenters. The molecular formula is C33H49N. The molecule has 2 N–H and O–H groups in total. The van der Waals surface area contributed by atoms with Crippen molar-refractivity contribution in [2.75, 3.05) is 6.54 Å². The van der Waals surface area contributed by atoms with Gasteiger partial charge in [-0.1, -0.05) is 67.4 Å². The lowest BCUT2D eigenvalue weighted by Crippen LogP contribution is -2.41. The first kappa shape index (κ1) is 24.4. The Hall–Kier alpha value is -1.34. The highest BCUT2D eigenvalue weighted by Crippen LogP contribution is 2.54. The number of hydrogen-bond acceptors (Lipinski definition) is 1. The van der Waals surface area contributed by atoms with Crippen molar-refractivity contribution < 1.29 is 0 Å². The average Bonchev–Trinajstić information content (AvgIpc) is 2.92. The molecule has 2 fully saturated rings. The monoisotopic (exact) mass is 459 g/mol. The minimum atomic E-state index is 0.702. The molecule has 0 radical (unpaired) electrons. The van der Waals surface area contributed by atoms with Gasteiger partial charge in [0, 0.05) is 6.54 Å². The second-order valence-electron chi connectivity index (χ2n) is 12.0. The van der Waals surface area contributed by atoms with Crippen molar-refractivity contribution in [3.05, 3.63) is 58.7 Å². The quantitative estimate of drug-likeness (QED) is 0.394. The van der Waals surface area contributed by atoms with Gasteiger partial charge >= 0.3 is 0 Å². The smallest absolute Gasteiger partial charge is 0.0109 e. The second-order valence-corrected chi connectivity index (χ2v) is 12.0. The van der Waals surface area contributed by atoms with Crippen molar-refractivity contribution in [3.63, 3.8) is 0 Å². The van der Waals surface area contributed by atoms with Gasteiger partial charge in [0.1, 0.15) is 0 Å². The van der Waals surface area contributed by atoms with Crippen LogP contribution in [0.3, 0.4) is 0 Å². The predicted molar refractivity (Wildman–Crippen MR) is 146 cm³/mol. The summed E-state index contributed by atoms with van der Waals surface area (Å²) in [6.07, 6.45) is 35.7. The van der Waals surface area contributed by atoms with Gasteiger partial charge in [0.2, 0.25) is 0 Å². The Morgan fingerprint density at radius 1 is 0.912 bits per heavy atom. The number of hydrogen-bond donors (Lipinski definition) is 1. The van der Waals surface area contributed by atoms with Gasteiger partial charge in [-0.05, 0) is 130 Å². The van der Waals surface area contributed by atoms with E-state index >= 15 is 0 Å². The molecule has 186 valence electrons. The molecule has 0 bridgehead atoms. The molecule has 0 heterocycles. The summed E-state index contributed by atoms with van der Waals surface area (Å²) in [4.78, 5) is 0. The lowest BCUT2D eigenvalue weighted by atomic mass is 9.55. The third-order valence-electron chi connectivity index (χ3n) is 10.4.